The van der Waals surface area contributed by atoms with Crippen molar-refractivity contribution in [3.05, 3.63) is 42.5 Å². The van der Waals surface area contributed by atoms with Crippen LogP contribution in [0.4, 0.5) is 0 Å². The van der Waals surface area contributed by atoms with Gasteiger partial charge in [-0.2, -0.15) is 0 Å². The molecule has 4 nitrogen and oxygen atoms in total. The minimum absolute atomic E-state index is 0.0529. The second-order valence-corrected chi connectivity index (χ2v) is 8.54. The number of nitrogens with zero attached hydrogens (tertiary/aromatic N) is 1. The first-order valence-corrected chi connectivity index (χ1v) is 9.57. The fraction of sp³-hybridized carbons (Fsp3) is 0.0714. The third kappa shape index (κ3) is 2.31. The van der Waals surface area contributed by atoms with E-state index in [1.54, 1.807) is 11.3 Å². The Labute approximate surface area is 129 Å². The molecule has 1 aromatic heterocycles. The Morgan fingerprint density at radius 2 is 1.86 bits per heavy atom. The van der Waals surface area contributed by atoms with Gasteiger partial charge in [0.05, 0.1) is 0 Å². The summed E-state index contributed by atoms with van der Waals surface area (Å²) in [4.78, 5) is 0. The van der Waals surface area contributed by atoms with Gasteiger partial charge in [0.1, 0.15) is 10.8 Å². The molecule has 0 bridgehead atoms. The Hall–Kier alpha value is -1.57. The van der Waals surface area contributed by atoms with Crippen LogP contribution in [0.3, 0.4) is 0 Å². The molecule has 106 valence electrons. The predicted octanol–water partition coefficient (Wildman–Crippen LogP) is 3.82. The summed E-state index contributed by atoms with van der Waals surface area (Å²) >= 11 is 2.79. The number of ether oxygens (including phenoxy) is 1. The van der Waals surface area contributed by atoms with Crippen molar-refractivity contribution in [3.63, 3.8) is 0 Å². The number of benzene rings is 2. The molecule has 0 aliphatic carbocycles. The van der Waals surface area contributed by atoms with Gasteiger partial charge in [-0.15, -0.1) is 15.7 Å². The summed E-state index contributed by atoms with van der Waals surface area (Å²) in [5.74, 6) is 0.647. The zero-order valence-corrected chi connectivity index (χ0v) is 13.1. The molecule has 7 heteroatoms. The molecule has 4 rings (SSSR count). The lowest BCUT2D eigenvalue weighted by Crippen LogP contribution is -2.00. The fourth-order valence-corrected chi connectivity index (χ4v) is 5.56. The molecule has 0 spiro atoms. The van der Waals surface area contributed by atoms with Crippen LogP contribution in [-0.2, 0) is 10.0 Å². The van der Waals surface area contributed by atoms with E-state index in [1.807, 2.05) is 36.4 Å². The topological polar surface area (TPSA) is 55.7 Å². The molecule has 2 heterocycles. The largest absolute Gasteiger partial charge is 0.432 e. The number of hydrogen-bond donors (Lipinski definition) is 0. The second kappa shape index (κ2) is 4.72. The van der Waals surface area contributed by atoms with Gasteiger partial charge in [0, 0.05) is 20.2 Å². The van der Waals surface area contributed by atoms with E-state index in [4.69, 9.17) is 4.74 Å². The first kappa shape index (κ1) is 13.1. The Morgan fingerprint density at radius 1 is 1.05 bits per heavy atom. The van der Waals surface area contributed by atoms with E-state index in [1.165, 1.54) is 4.70 Å². The Bertz CT molecular complexity index is 989. The summed E-state index contributed by atoms with van der Waals surface area (Å²) in [7, 11) is -3.37. The minimum Gasteiger partial charge on any atom is -0.432 e. The molecule has 0 atom stereocenters. The standard InChI is InChI=1S/C14H9NO3S3/c16-21(17)8-19-14(15-21)18-10-5-3-7-12-13(10)9-4-1-2-6-11(9)20-12/h1-7H,8H2. The SMILES string of the molecule is O=S1(=O)CSC(Oc2cccc3sc4ccccc4c23)=N1. The van der Waals surface area contributed by atoms with Crippen molar-refractivity contribution in [3.8, 4) is 5.75 Å². The van der Waals surface area contributed by atoms with Crippen LogP contribution in [0.2, 0.25) is 0 Å². The molecule has 2 aromatic carbocycles. The van der Waals surface area contributed by atoms with Crippen LogP contribution >= 0.6 is 23.1 Å². The molecule has 0 radical (unpaired) electrons. The highest BCUT2D eigenvalue weighted by atomic mass is 32.3. The van der Waals surface area contributed by atoms with Crippen molar-refractivity contribution in [1.29, 1.82) is 0 Å². The number of thioether (sulfide) groups is 1. The highest BCUT2D eigenvalue weighted by molar-refractivity contribution is 8.24. The van der Waals surface area contributed by atoms with Gasteiger partial charge in [0.15, 0.2) is 0 Å². The fourth-order valence-electron chi connectivity index (χ4n) is 2.26. The highest BCUT2D eigenvalue weighted by Crippen LogP contribution is 2.39. The van der Waals surface area contributed by atoms with Crippen LogP contribution in [-0.4, -0.2) is 18.7 Å². The van der Waals surface area contributed by atoms with Crippen molar-refractivity contribution in [2.45, 2.75) is 0 Å². The van der Waals surface area contributed by atoms with Crippen LogP contribution in [0, 0.1) is 0 Å². The zero-order valence-electron chi connectivity index (χ0n) is 10.6. The van der Waals surface area contributed by atoms with Crippen LogP contribution in [0.5, 0.6) is 5.75 Å². The van der Waals surface area contributed by atoms with Gasteiger partial charge >= 0.3 is 0 Å². The lowest BCUT2D eigenvalue weighted by atomic mass is 10.1. The van der Waals surface area contributed by atoms with Crippen molar-refractivity contribution < 1.29 is 13.2 Å². The van der Waals surface area contributed by atoms with Crippen molar-refractivity contribution in [2.75, 3.05) is 5.08 Å². The van der Waals surface area contributed by atoms with E-state index in [0.29, 0.717) is 5.75 Å². The number of thiophene rings is 1. The van der Waals surface area contributed by atoms with Gasteiger partial charge < -0.3 is 4.74 Å². The number of sulfonamides is 1. The van der Waals surface area contributed by atoms with Crippen LogP contribution in [0.15, 0.2) is 46.9 Å². The van der Waals surface area contributed by atoms with Crippen molar-refractivity contribution in [1.82, 2.24) is 0 Å². The van der Waals surface area contributed by atoms with Gasteiger partial charge in [-0.05, 0) is 30.0 Å². The smallest absolute Gasteiger partial charge is 0.268 e. The molecular weight excluding hydrogens is 326 g/mol. The molecule has 3 aromatic rings. The highest BCUT2D eigenvalue weighted by Gasteiger charge is 2.23. The number of hydrogen-bond acceptors (Lipinski definition) is 5. The van der Waals surface area contributed by atoms with Crippen LogP contribution < -0.4 is 4.74 Å². The maximum Gasteiger partial charge on any atom is 0.268 e. The Morgan fingerprint density at radius 3 is 2.67 bits per heavy atom. The quantitative estimate of drug-likeness (QED) is 0.678. The lowest BCUT2D eigenvalue weighted by Gasteiger charge is -2.05. The summed E-state index contributed by atoms with van der Waals surface area (Å²) < 4.78 is 34.4. The van der Waals surface area contributed by atoms with Crippen LogP contribution in [0.25, 0.3) is 20.2 Å². The maximum absolute atomic E-state index is 11.4. The van der Waals surface area contributed by atoms with E-state index in [9.17, 15) is 8.42 Å². The van der Waals surface area contributed by atoms with E-state index < -0.39 is 10.0 Å². The average Bonchev–Trinajstić information content (AvgIpc) is 2.99. The first-order chi connectivity index (χ1) is 10.1. The average molecular weight is 335 g/mol. The van der Waals surface area contributed by atoms with Crippen molar-refractivity contribution in [2.24, 2.45) is 4.40 Å². The first-order valence-electron chi connectivity index (χ1n) is 6.16. The Balaban J connectivity index is 1.89. The molecule has 0 saturated heterocycles. The van der Waals surface area contributed by atoms with Gasteiger partial charge in [-0.3, -0.25) is 0 Å². The van der Waals surface area contributed by atoms with E-state index in [0.717, 1.165) is 27.2 Å². The molecule has 0 saturated carbocycles. The van der Waals surface area contributed by atoms with E-state index in [-0.39, 0.29) is 10.3 Å². The number of rotatable bonds is 1. The summed E-state index contributed by atoms with van der Waals surface area (Å²) in [5.41, 5.74) is 0. The molecule has 0 N–H and O–H groups in total. The lowest BCUT2D eigenvalue weighted by molar-refractivity contribution is 0.572. The maximum atomic E-state index is 11.4. The third-order valence-electron chi connectivity index (χ3n) is 3.11. The van der Waals surface area contributed by atoms with Gasteiger partial charge in [-0.1, -0.05) is 24.3 Å². The molecule has 1 aliphatic rings. The summed E-state index contributed by atoms with van der Waals surface area (Å²) in [5, 5.41) is 2.26. The second-order valence-electron chi connectivity index (χ2n) is 4.53. The molecule has 0 fully saturated rings. The predicted molar refractivity (Wildman–Crippen MR) is 88.8 cm³/mol. The molecule has 21 heavy (non-hydrogen) atoms. The molecular formula is C14H9NO3S3. The summed E-state index contributed by atoms with van der Waals surface area (Å²) in [6.07, 6.45) is 0. The van der Waals surface area contributed by atoms with Gasteiger partial charge in [0.2, 0.25) is 0 Å². The zero-order chi connectivity index (χ0) is 14.4. The molecule has 1 aliphatic heterocycles. The molecule has 0 amide bonds. The Kier molecular flexibility index (Phi) is 2.95. The summed E-state index contributed by atoms with van der Waals surface area (Å²) in [6, 6.07) is 13.9. The minimum atomic E-state index is -3.37. The number of fused-ring (bicyclic) bond motifs is 3. The third-order valence-corrected chi connectivity index (χ3v) is 6.89. The molecule has 0 unspecified atom stereocenters. The summed E-state index contributed by atoms with van der Waals surface area (Å²) in [6.45, 7) is 0. The van der Waals surface area contributed by atoms with E-state index in [2.05, 4.69) is 10.5 Å². The van der Waals surface area contributed by atoms with Gasteiger partial charge in [0.25, 0.3) is 15.3 Å². The normalized spacial score (nSPS) is 17.2. The monoisotopic (exact) mass is 335 g/mol. The van der Waals surface area contributed by atoms with E-state index >= 15 is 0 Å². The van der Waals surface area contributed by atoms with Crippen LogP contribution in [0.1, 0.15) is 0 Å². The van der Waals surface area contributed by atoms with Gasteiger partial charge in [-0.25, -0.2) is 8.42 Å². The van der Waals surface area contributed by atoms with Crippen molar-refractivity contribution >= 4 is 58.5 Å².